The molecule has 0 N–H and O–H groups in total. The van der Waals surface area contributed by atoms with E-state index in [4.69, 9.17) is 0 Å². The van der Waals surface area contributed by atoms with Crippen LogP contribution in [-0.4, -0.2) is 25.6 Å². The molecule has 4 heteroatoms. The molecule has 0 saturated carbocycles. The zero-order chi connectivity index (χ0) is 9.40. The summed E-state index contributed by atoms with van der Waals surface area (Å²) < 4.78 is 0. The molecular formula is C8H16N2O2. The van der Waals surface area contributed by atoms with Crippen LogP contribution >= 0.6 is 0 Å². The first kappa shape index (κ1) is 10.9. The van der Waals surface area contributed by atoms with E-state index in [-0.39, 0.29) is 0 Å². The lowest BCUT2D eigenvalue weighted by atomic mass is 10.1. The highest BCUT2D eigenvalue weighted by Gasteiger charge is 2.03. The van der Waals surface area contributed by atoms with Crippen LogP contribution < -0.4 is 0 Å². The van der Waals surface area contributed by atoms with Crippen molar-refractivity contribution >= 4 is 11.4 Å². The average Bonchev–Trinajstić information content (AvgIpc) is 2.04. The van der Waals surface area contributed by atoms with E-state index in [9.17, 15) is 0 Å². The fourth-order valence-electron chi connectivity index (χ4n) is 0.829. The fraction of sp³-hybridized carbons (Fsp3) is 0.750. The van der Waals surface area contributed by atoms with E-state index in [2.05, 4.69) is 26.9 Å². The minimum absolute atomic E-state index is 0.765. The Kier molecular flexibility index (Phi) is 6.05. The molecule has 0 aliphatic rings. The number of hydrogen-bond donors (Lipinski definition) is 0. The summed E-state index contributed by atoms with van der Waals surface area (Å²) in [7, 11) is 3.04. The smallest absolute Gasteiger partial charge is 0.106 e. The molecule has 0 saturated heterocycles. The highest BCUT2D eigenvalue weighted by molar-refractivity contribution is 6.41. The molecule has 0 radical (unpaired) electrons. The molecule has 0 bridgehead atoms. The molecule has 0 atom stereocenters. The minimum Gasteiger partial charge on any atom is -0.399 e. The van der Waals surface area contributed by atoms with Gasteiger partial charge in [0, 0.05) is 0 Å². The van der Waals surface area contributed by atoms with Gasteiger partial charge < -0.3 is 9.68 Å². The molecule has 0 aliphatic heterocycles. The summed E-state index contributed by atoms with van der Waals surface area (Å²) in [5.74, 6) is 0. The first-order valence-electron chi connectivity index (χ1n) is 3.94. The third-order valence-electron chi connectivity index (χ3n) is 1.33. The molecule has 0 spiro atoms. The topological polar surface area (TPSA) is 43.2 Å². The predicted octanol–water partition coefficient (Wildman–Crippen LogP) is 1.81. The summed E-state index contributed by atoms with van der Waals surface area (Å²) in [6.07, 6.45) is 1.87. The zero-order valence-corrected chi connectivity index (χ0v) is 8.13. The molecule has 12 heavy (non-hydrogen) atoms. The molecule has 0 aliphatic carbocycles. The highest BCUT2D eigenvalue weighted by Crippen LogP contribution is 1.96. The largest absolute Gasteiger partial charge is 0.399 e. The molecule has 0 aromatic carbocycles. The predicted molar refractivity (Wildman–Crippen MR) is 49.5 cm³/mol. The van der Waals surface area contributed by atoms with Gasteiger partial charge >= 0.3 is 0 Å². The molecule has 0 aromatic rings. The van der Waals surface area contributed by atoms with Crippen molar-refractivity contribution in [2.45, 2.75) is 26.7 Å². The van der Waals surface area contributed by atoms with Crippen molar-refractivity contribution in [2.24, 2.45) is 10.3 Å². The fourth-order valence-corrected chi connectivity index (χ4v) is 0.829. The highest BCUT2D eigenvalue weighted by atomic mass is 16.6. The van der Waals surface area contributed by atoms with Crippen LogP contribution in [0.1, 0.15) is 26.7 Å². The molecule has 0 rings (SSSR count). The van der Waals surface area contributed by atoms with Crippen LogP contribution in [0.15, 0.2) is 10.3 Å². The lowest BCUT2D eigenvalue weighted by Crippen LogP contribution is -2.10. The summed E-state index contributed by atoms with van der Waals surface area (Å²) in [5, 5.41) is 7.61. The molecule has 4 nitrogen and oxygen atoms in total. The Morgan fingerprint density at radius 3 is 2.17 bits per heavy atom. The van der Waals surface area contributed by atoms with Crippen molar-refractivity contribution in [3.63, 3.8) is 0 Å². The van der Waals surface area contributed by atoms with E-state index in [1.807, 2.05) is 6.92 Å². The average molecular weight is 172 g/mol. The Morgan fingerprint density at radius 2 is 1.75 bits per heavy atom. The molecule has 0 unspecified atom stereocenters. The Morgan fingerprint density at radius 1 is 1.17 bits per heavy atom. The monoisotopic (exact) mass is 172 g/mol. The molecular weight excluding hydrogens is 156 g/mol. The van der Waals surface area contributed by atoms with Crippen molar-refractivity contribution in [2.75, 3.05) is 14.2 Å². The van der Waals surface area contributed by atoms with E-state index >= 15 is 0 Å². The van der Waals surface area contributed by atoms with Crippen molar-refractivity contribution in [1.82, 2.24) is 0 Å². The maximum atomic E-state index is 4.68. The molecule has 70 valence electrons. The molecule has 0 heterocycles. The van der Waals surface area contributed by atoms with Gasteiger partial charge in [0.05, 0.1) is 0 Å². The van der Waals surface area contributed by atoms with E-state index in [1.165, 1.54) is 14.2 Å². The van der Waals surface area contributed by atoms with Gasteiger partial charge in [-0.05, 0) is 13.3 Å². The van der Waals surface area contributed by atoms with E-state index in [0.717, 1.165) is 24.3 Å². The van der Waals surface area contributed by atoms with Crippen molar-refractivity contribution in [3.05, 3.63) is 0 Å². The second kappa shape index (κ2) is 6.64. The van der Waals surface area contributed by atoms with Gasteiger partial charge in [-0.1, -0.05) is 23.7 Å². The van der Waals surface area contributed by atoms with Crippen molar-refractivity contribution in [1.29, 1.82) is 0 Å². The number of oxime groups is 2. The van der Waals surface area contributed by atoms with Gasteiger partial charge in [0.1, 0.15) is 25.6 Å². The van der Waals surface area contributed by atoms with Crippen LogP contribution in [-0.2, 0) is 9.68 Å². The standard InChI is InChI=1S/C8H16N2O2/c1-5-6-8(10-12-4)7(2)9-11-3/h5-6H2,1-4H3/b9-7+,10-8+. The SMILES string of the molecule is CCCC(=N\OC)/C(C)=N/OC. The van der Waals surface area contributed by atoms with E-state index in [0.29, 0.717) is 0 Å². The van der Waals surface area contributed by atoms with Crippen LogP contribution in [0.2, 0.25) is 0 Å². The summed E-state index contributed by atoms with van der Waals surface area (Å²) in [6, 6.07) is 0. The summed E-state index contributed by atoms with van der Waals surface area (Å²) in [6.45, 7) is 3.92. The van der Waals surface area contributed by atoms with Gasteiger partial charge in [0.25, 0.3) is 0 Å². The Hall–Kier alpha value is -1.06. The molecule has 0 amide bonds. The molecule has 0 fully saturated rings. The van der Waals surface area contributed by atoms with Crippen LogP contribution in [0.5, 0.6) is 0 Å². The zero-order valence-electron chi connectivity index (χ0n) is 8.13. The Bertz CT molecular complexity index is 176. The van der Waals surface area contributed by atoms with Crippen molar-refractivity contribution in [3.8, 4) is 0 Å². The van der Waals surface area contributed by atoms with Gasteiger partial charge in [0.2, 0.25) is 0 Å². The van der Waals surface area contributed by atoms with E-state index in [1.54, 1.807) is 0 Å². The Labute approximate surface area is 73.2 Å². The second-order valence-electron chi connectivity index (χ2n) is 2.33. The third kappa shape index (κ3) is 3.95. The van der Waals surface area contributed by atoms with Crippen LogP contribution in [0, 0.1) is 0 Å². The maximum Gasteiger partial charge on any atom is 0.106 e. The lowest BCUT2D eigenvalue weighted by Gasteiger charge is -2.01. The van der Waals surface area contributed by atoms with Gasteiger partial charge in [-0.2, -0.15) is 0 Å². The van der Waals surface area contributed by atoms with Gasteiger partial charge in [-0.15, -0.1) is 0 Å². The number of hydrogen-bond acceptors (Lipinski definition) is 4. The Balaban J connectivity index is 4.29. The minimum atomic E-state index is 0.765. The van der Waals surface area contributed by atoms with Gasteiger partial charge in [-0.25, -0.2) is 0 Å². The quantitative estimate of drug-likeness (QED) is 0.469. The summed E-state index contributed by atoms with van der Waals surface area (Å²) >= 11 is 0. The second-order valence-corrected chi connectivity index (χ2v) is 2.33. The lowest BCUT2D eigenvalue weighted by molar-refractivity contribution is 0.209. The maximum absolute atomic E-state index is 4.68. The van der Waals surface area contributed by atoms with Crippen LogP contribution in [0.3, 0.4) is 0 Å². The van der Waals surface area contributed by atoms with Gasteiger partial charge in [-0.3, -0.25) is 0 Å². The van der Waals surface area contributed by atoms with Gasteiger partial charge in [0.15, 0.2) is 0 Å². The normalized spacial score (nSPS) is 13.0. The first-order valence-corrected chi connectivity index (χ1v) is 3.94. The number of nitrogens with zero attached hydrogens (tertiary/aromatic N) is 2. The third-order valence-corrected chi connectivity index (χ3v) is 1.33. The first-order chi connectivity index (χ1) is 5.76. The van der Waals surface area contributed by atoms with Crippen LogP contribution in [0.25, 0.3) is 0 Å². The van der Waals surface area contributed by atoms with Crippen LogP contribution in [0.4, 0.5) is 0 Å². The number of rotatable bonds is 5. The molecule has 0 aromatic heterocycles. The summed E-state index contributed by atoms with van der Waals surface area (Å²) in [5.41, 5.74) is 1.60. The van der Waals surface area contributed by atoms with E-state index < -0.39 is 0 Å². The summed E-state index contributed by atoms with van der Waals surface area (Å²) in [4.78, 5) is 9.30. The van der Waals surface area contributed by atoms with Crippen molar-refractivity contribution < 1.29 is 9.68 Å².